The molecule has 0 aromatic carbocycles. The van der Waals surface area contributed by atoms with Gasteiger partial charge in [-0.25, -0.2) is 4.98 Å². The van der Waals surface area contributed by atoms with Crippen LogP contribution in [0.25, 0.3) is 0 Å². The molecule has 0 saturated heterocycles. The van der Waals surface area contributed by atoms with E-state index >= 15 is 0 Å². The Kier molecular flexibility index (Phi) is 6.79. The predicted octanol–water partition coefficient (Wildman–Crippen LogP) is 4.33. The molecule has 1 aromatic rings. The van der Waals surface area contributed by atoms with Crippen LogP contribution in [0.1, 0.15) is 88.3 Å². The molecule has 1 fully saturated rings. The van der Waals surface area contributed by atoms with Crippen LogP contribution >= 0.6 is 0 Å². The van der Waals surface area contributed by atoms with Crippen LogP contribution in [-0.4, -0.2) is 41.6 Å². The van der Waals surface area contributed by atoms with Gasteiger partial charge >= 0.3 is 0 Å². The average molecular weight is 361 g/mol. The highest BCUT2D eigenvalue weighted by Crippen LogP contribution is 2.48. The van der Waals surface area contributed by atoms with Crippen LogP contribution in [0.3, 0.4) is 0 Å². The first-order chi connectivity index (χ1) is 12.6. The molecule has 0 unspecified atom stereocenters. The maximum absolute atomic E-state index is 5.15. The second kappa shape index (κ2) is 8.88. The lowest BCUT2D eigenvalue weighted by atomic mass is 9.67. The molecule has 2 aliphatic rings. The molecule has 3 rings (SSSR count). The van der Waals surface area contributed by atoms with E-state index < -0.39 is 0 Å². The normalized spacial score (nSPS) is 20.5. The summed E-state index contributed by atoms with van der Waals surface area (Å²) in [6.45, 7) is 9.11. The van der Waals surface area contributed by atoms with E-state index in [0.29, 0.717) is 5.41 Å². The van der Waals surface area contributed by atoms with Gasteiger partial charge in [0.15, 0.2) is 0 Å². The molecule has 0 bridgehead atoms. The Bertz CT molecular complexity index is 563. The van der Waals surface area contributed by atoms with Gasteiger partial charge in [0.1, 0.15) is 5.82 Å². The molecule has 26 heavy (non-hydrogen) atoms. The van der Waals surface area contributed by atoms with Gasteiger partial charge in [-0.3, -0.25) is 4.90 Å². The number of nitrogens with one attached hydrogen (secondary N) is 1. The second-order valence-electron chi connectivity index (χ2n) is 8.79. The lowest BCUT2D eigenvalue weighted by Gasteiger charge is -2.40. The van der Waals surface area contributed by atoms with E-state index in [9.17, 15) is 0 Å². The monoisotopic (exact) mass is 360 g/mol. The van der Waals surface area contributed by atoms with Crippen LogP contribution in [0.4, 0.5) is 0 Å². The van der Waals surface area contributed by atoms with Crippen molar-refractivity contribution in [3.8, 4) is 0 Å². The van der Waals surface area contributed by atoms with Gasteiger partial charge in [0.2, 0.25) is 0 Å². The summed E-state index contributed by atoms with van der Waals surface area (Å²) < 4.78 is 2.63. The molecule has 1 N–H and O–H groups in total. The zero-order valence-electron chi connectivity index (χ0n) is 17.6. The topological polar surface area (TPSA) is 33.1 Å². The number of nitrogens with zero attached hydrogens (tertiary/aromatic N) is 3. The third-order valence-corrected chi connectivity index (χ3v) is 7.29. The van der Waals surface area contributed by atoms with Crippen molar-refractivity contribution in [2.24, 2.45) is 5.41 Å². The summed E-state index contributed by atoms with van der Waals surface area (Å²) in [5.41, 5.74) is 3.60. The van der Waals surface area contributed by atoms with Crippen molar-refractivity contribution in [1.29, 1.82) is 0 Å². The van der Waals surface area contributed by atoms with Crippen molar-refractivity contribution in [3.63, 3.8) is 0 Å². The van der Waals surface area contributed by atoms with Crippen molar-refractivity contribution in [2.75, 3.05) is 27.2 Å². The summed E-state index contributed by atoms with van der Waals surface area (Å²) in [5, 5.41) is 3.27. The van der Waals surface area contributed by atoms with Crippen LogP contribution in [0.2, 0.25) is 0 Å². The summed E-state index contributed by atoms with van der Waals surface area (Å²) >= 11 is 0. The minimum Gasteiger partial charge on any atom is -0.331 e. The quantitative estimate of drug-likeness (QED) is 0.749. The second-order valence-corrected chi connectivity index (χ2v) is 8.79. The number of hydrogen-bond donors (Lipinski definition) is 1. The number of likely N-dealkylation sites (N-methyl/N-ethyl adjacent to an activating group) is 2. The van der Waals surface area contributed by atoms with Crippen LogP contribution in [0.5, 0.6) is 0 Å². The standard InChI is InChI=1S/C22H40N4/c1-5-22(6-2)12-10-18(11-13-22)21-19(17-25(4)16-14-23-3)24-20-9-7-8-15-26(20)21/h18,23H,5-17H2,1-4H3. The van der Waals surface area contributed by atoms with Gasteiger partial charge < -0.3 is 9.88 Å². The molecule has 1 aromatic heterocycles. The third kappa shape index (κ3) is 4.17. The molecule has 148 valence electrons. The summed E-state index contributed by atoms with van der Waals surface area (Å²) in [6, 6.07) is 0. The van der Waals surface area contributed by atoms with Gasteiger partial charge in [0, 0.05) is 44.2 Å². The summed E-state index contributed by atoms with van der Waals surface area (Å²) in [4.78, 5) is 7.58. The number of aromatic nitrogens is 2. The van der Waals surface area contributed by atoms with E-state index in [2.05, 4.69) is 35.7 Å². The fourth-order valence-electron chi connectivity index (χ4n) is 5.23. The van der Waals surface area contributed by atoms with Crippen LogP contribution in [0, 0.1) is 5.41 Å². The van der Waals surface area contributed by atoms with Crippen molar-refractivity contribution in [3.05, 3.63) is 17.2 Å². The molecular weight excluding hydrogens is 320 g/mol. The van der Waals surface area contributed by atoms with Crippen molar-refractivity contribution in [1.82, 2.24) is 19.8 Å². The first kappa shape index (κ1) is 19.9. The van der Waals surface area contributed by atoms with Crippen LogP contribution in [-0.2, 0) is 19.5 Å². The van der Waals surface area contributed by atoms with E-state index in [1.54, 1.807) is 5.69 Å². The molecule has 4 nitrogen and oxygen atoms in total. The Morgan fingerprint density at radius 1 is 1.19 bits per heavy atom. The van der Waals surface area contributed by atoms with Crippen molar-refractivity contribution >= 4 is 0 Å². The molecule has 1 aliphatic heterocycles. The van der Waals surface area contributed by atoms with Crippen molar-refractivity contribution < 1.29 is 0 Å². The first-order valence-electron chi connectivity index (χ1n) is 11.0. The maximum atomic E-state index is 5.15. The third-order valence-electron chi connectivity index (χ3n) is 7.29. The Hall–Kier alpha value is -0.870. The number of rotatable bonds is 8. The largest absolute Gasteiger partial charge is 0.331 e. The number of hydrogen-bond acceptors (Lipinski definition) is 3. The minimum atomic E-state index is 0.616. The smallest absolute Gasteiger partial charge is 0.109 e. The highest BCUT2D eigenvalue weighted by molar-refractivity contribution is 5.24. The van der Waals surface area contributed by atoms with Gasteiger partial charge in [-0.2, -0.15) is 0 Å². The van der Waals surface area contributed by atoms with Crippen LogP contribution in [0.15, 0.2) is 0 Å². The molecule has 0 radical (unpaired) electrons. The number of imidazole rings is 1. The molecule has 1 saturated carbocycles. The SMILES string of the molecule is CCC1(CC)CCC(c2c(CN(C)CCNC)nc3n2CCCC3)CC1. The Labute approximate surface area is 160 Å². The molecule has 0 atom stereocenters. The average Bonchev–Trinajstić information content (AvgIpc) is 3.04. The highest BCUT2D eigenvalue weighted by Gasteiger charge is 2.35. The molecule has 2 heterocycles. The fraction of sp³-hybridized carbons (Fsp3) is 0.864. The van der Waals surface area contributed by atoms with Crippen LogP contribution < -0.4 is 5.32 Å². The number of fused-ring (bicyclic) bond motifs is 1. The van der Waals surface area contributed by atoms with Gasteiger partial charge in [-0.15, -0.1) is 0 Å². The lowest BCUT2D eigenvalue weighted by Crippen LogP contribution is -2.29. The minimum absolute atomic E-state index is 0.616. The van der Waals surface area contributed by atoms with Gasteiger partial charge in [0.25, 0.3) is 0 Å². The van der Waals surface area contributed by atoms with Gasteiger partial charge in [-0.05, 0) is 58.0 Å². The molecule has 0 amide bonds. The molecular formula is C22H40N4. The summed E-state index contributed by atoms with van der Waals surface area (Å²) in [7, 11) is 4.27. The van der Waals surface area contributed by atoms with Crippen molar-refractivity contribution in [2.45, 2.75) is 90.6 Å². The molecule has 0 spiro atoms. The molecule has 1 aliphatic carbocycles. The predicted molar refractivity (Wildman–Crippen MR) is 110 cm³/mol. The fourth-order valence-corrected chi connectivity index (χ4v) is 5.23. The summed E-state index contributed by atoms with van der Waals surface area (Å²) in [6.07, 6.45) is 12.0. The summed E-state index contributed by atoms with van der Waals surface area (Å²) in [5.74, 6) is 2.10. The van der Waals surface area contributed by atoms with E-state index in [4.69, 9.17) is 4.98 Å². The maximum Gasteiger partial charge on any atom is 0.109 e. The first-order valence-corrected chi connectivity index (χ1v) is 11.0. The van der Waals surface area contributed by atoms with E-state index in [-0.39, 0.29) is 0 Å². The van der Waals surface area contributed by atoms with E-state index in [1.165, 1.54) is 75.9 Å². The zero-order chi connectivity index (χ0) is 18.6. The highest BCUT2D eigenvalue weighted by atomic mass is 15.2. The molecule has 4 heteroatoms. The van der Waals surface area contributed by atoms with E-state index in [1.807, 2.05) is 7.05 Å². The Balaban J connectivity index is 1.80. The Morgan fingerprint density at radius 3 is 2.58 bits per heavy atom. The lowest BCUT2D eigenvalue weighted by molar-refractivity contribution is 0.156. The van der Waals surface area contributed by atoms with Gasteiger partial charge in [0.05, 0.1) is 5.69 Å². The Morgan fingerprint density at radius 2 is 1.92 bits per heavy atom. The van der Waals surface area contributed by atoms with E-state index in [0.717, 1.165) is 25.6 Å². The van der Waals surface area contributed by atoms with Gasteiger partial charge in [-0.1, -0.05) is 26.7 Å². The zero-order valence-corrected chi connectivity index (χ0v) is 17.6. The number of aryl methyl sites for hydroxylation is 1.